The highest BCUT2D eigenvalue weighted by Gasteiger charge is 2.16. The number of hydrazone groups is 1. The van der Waals surface area contributed by atoms with Crippen molar-refractivity contribution in [2.75, 3.05) is 47.4 Å². The first kappa shape index (κ1) is 20.9. The van der Waals surface area contributed by atoms with Crippen molar-refractivity contribution in [3.8, 4) is 22.8 Å². The number of rotatable bonds is 7. The first-order valence-corrected chi connectivity index (χ1v) is 10.6. The van der Waals surface area contributed by atoms with E-state index in [-0.39, 0.29) is 0 Å². The minimum Gasteiger partial charge on any atom is -0.493 e. The van der Waals surface area contributed by atoms with Crippen LogP contribution in [-0.2, 0) is 6.54 Å². The van der Waals surface area contributed by atoms with Gasteiger partial charge >= 0.3 is 0 Å². The molecular formula is C24H30N5O2+. The maximum atomic E-state index is 5.50. The van der Waals surface area contributed by atoms with Crippen molar-refractivity contribution in [1.29, 1.82) is 0 Å². The van der Waals surface area contributed by atoms with Crippen molar-refractivity contribution in [2.45, 2.75) is 6.54 Å². The Labute approximate surface area is 183 Å². The minimum atomic E-state index is 0.683. The van der Waals surface area contributed by atoms with E-state index in [1.54, 1.807) is 19.1 Å². The number of methoxy groups -OCH3 is 2. The van der Waals surface area contributed by atoms with Gasteiger partial charge in [-0.25, -0.2) is 0 Å². The Bertz CT molecular complexity index is 1020. The Hall–Kier alpha value is -3.32. The van der Waals surface area contributed by atoms with E-state index in [4.69, 9.17) is 19.7 Å². The van der Waals surface area contributed by atoms with E-state index < -0.39 is 0 Å². The van der Waals surface area contributed by atoms with Crippen LogP contribution in [0.15, 0.2) is 59.8 Å². The Morgan fingerprint density at radius 2 is 1.77 bits per heavy atom. The highest BCUT2D eigenvalue weighted by Crippen LogP contribution is 2.32. The molecule has 0 atom stereocenters. The molecule has 1 N–H and O–H groups in total. The summed E-state index contributed by atoms with van der Waals surface area (Å²) >= 11 is 0. The summed E-state index contributed by atoms with van der Waals surface area (Å²) < 4.78 is 12.9. The topological polar surface area (TPSA) is 56.3 Å². The molecule has 0 bridgehead atoms. The highest BCUT2D eigenvalue weighted by atomic mass is 16.5. The van der Waals surface area contributed by atoms with Crippen LogP contribution in [0.5, 0.6) is 11.5 Å². The van der Waals surface area contributed by atoms with Gasteiger partial charge in [0.05, 0.1) is 60.2 Å². The number of ether oxygens (including phenoxy) is 2. The average Bonchev–Trinajstić information content (AvgIpc) is 3.21. The second kappa shape index (κ2) is 9.66. The number of benzene rings is 2. The lowest BCUT2D eigenvalue weighted by Crippen LogP contribution is -3.11. The number of likely N-dealkylation sites (N-methyl/N-ethyl adjacent to an activating group) is 1. The molecule has 2 aromatic carbocycles. The number of quaternary nitrogens is 1. The number of aromatic nitrogens is 2. The lowest BCUT2D eigenvalue weighted by molar-refractivity contribution is -0.884. The summed E-state index contributed by atoms with van der Waals surface area (Å²) in [6.45, 7) is 4.84. The average molecular weight is 421 g/mol. The molecule has 0 aliphatic carbocycles. The normalized spacial score (nSPS) is 14.9. The van der Waals surface area contributed by atoms with Gasteiger partial charge in [0, 0.05) is 17.3 Å². The summed E-state index contributed by atoms with van der Waals surface area (Å²) in [6.07, 6.45) is 3.99. The van der Waals surface area contributed by atoms with E-state index in [9.17, 15) is 0 Å². The molecule has 7 nitrogen and oxygen atoms in total. The monoisotopic (exact) mass is 420 g/mol. The quantitative estimate of drug-likeness (QED) is 0.592. The second-order valence-corrected chi connectivity index (χ2v) is 7.84. The molecule has 0 radical (unpaired) electrons. The van der Waals surface area contributed by atoms with Crippen molar-refractivity contribution >= 4 is 6.21 Å². The molecule has 1 fully saturated rings. The maximum Gasteiger partial charge on any atom is 0.161 e. The molecule has 7 heteroatoms. The summed E-state index contributed by atoms with van der Waals surface area (Å²) in [6, 6.07) is 16.2. The van der Waals surface area contributed by atoms with Crippen LogP contribution in [0.1, 0.15) is 11.1 Å². The third kappa shape index (κ3) is 5.06. The Morgan fingerprint density at radius 3 is 2.48 bits per heavy atom. The Balaban J connectivity index is 1.66. The SMILES string of the molecule is COc1ccc(-c2nn(Cc3ccccc3)cc2/C=N\N2CC[NH+](C)CC2)cc1OC. The van der Waals surface area contributed by atoms with Crippen molar-refractivity contribution in [2.24, 2.45) is 5.10 Å². The van der Waals surface area contributed by atoms with Crippen molar-refractivity contribution < 1.29 is 14.4 Å². The summed E-state index contributed by atoms with van der Waals surface area (Å²) in [4.78, 5) is 1.55. The molecule has 162 valence electrons. The van der Waals surface area contributed by atoms with Crippen LogP contribution in [-0.4, -0.2) is 68.5 Å². The van der Waals surface area contributed by atoms with Gasteiger partial charge < -0.3 is 14.4 Å². The van der Waals surface area contributed by atoms with Gasteiger partial charge in [0.15, 0.2) is 11.5 Å². The van der Waals surface area contributed by atoms with Gasteiger partial charge in [-0.15, -0.1) is 0 Å². The van der Waals surface area contributed by atoms with Gasteiger partial charge in [0.2, 0.25) is 0 Å². The number of nitrogens with zero attached hydrogens (tertiary/aromatic N) is 4. The first-order chi connectivity index (χ1) is 15.2. The first-order valence-electron chi connectivity index (χ1n) is 10.6. The molecular weight excluding hydrogens is 390 g/mol. The smallest absolute Gasteiger partial charge is 0.161 e. The predicted molar refractivity (Wildman–Crippen MR) is 122 cm³/mol. The Kier molecular flexibility index (Phi) is 6.52. The number of piperazine rings is 1. The van der Waals surface area contributed by atoms with Gasteiger partial charge in [-0.2, -0.15) is 10.2 Å². The van der Waals surface area contributed by atoms with E-state index in [2.05, 4.69) is 30.4 Å². The Morgan fingerprint density at radius 1 is 1.03 bits per heavy atom. The van der Waals surface area contributed by atoms with Crippen molar-refractivity contribution in [3.05, 3.63) is 65.9 Å². The zero-order valence-corrected chi connectivity index (χ0v) is 18.4. The predicted octanol–water partition coefficient (Wildman–Crippen LogP) is 1.78. The number of hydrogen-bond acceptors (Lipinski definition) is 5. The zero-order chi connectivity index (χ0) is 21.6. The van der Waals surface area contributed by atoms with Crippen LogP contribution in [0.3, 0.4) is 0 Å². The van der Waals surface area contributed by atoms with Crippen molar-refractivity contribution in [3.63, 3.8) is 0 Å². The van der Waals surface area contributed by atoms with Crippen LogP contribution in [0.4, 0.5) is 0 Å². The fraction of sp³-hybridized carbons (Fsp3) is 0.333. The molecule has 1 saturated heterocycles. The fourth-order valence-electron chi connectivity index (χ4n) is 3.73. The molecule has 31 heavy (non-hydrogen) atoms. The molecule has 1 aliphatic heterocycles. The van der Waals surface area contributed by atoms with E-state index in [0.717, 1.165) is 43.0 Å². The van der Waals surface area contributed by atoms with Crippen molar-refractivity contribution in [1.82, 2.24) is 14.8 Å². The molecule has 4 rings (SSSR count). The van der Waals surface area contributed by atoms with Gasteiger partial charge in [0.25, 0.3) is 0 Å². The molecule has 1 aromatic heterocycles. The van der Waals surface area contributed by atoms with Crippen LogP contribution < -0.4 is 14.4 Å². The molecule has 0 saturated carbocycles. The highest BCUT2D eigenvalue weighted by molar-refractivity contribution is 5.88. The van der Waals surface area contributed by atoms with Crippen LogP contribution >= 0.6 is 0 Å². The maximum absolute atomic E-state index is 5.50. The van der Waals surface area contributed by atoms with Gasteiger partial charge in [-0.1, -0.05) is 30.3 Å². The molecule has 0 unspecified atom stereocenters. The number of hydrogen-bond donors (Lipinski definition) is 1. The fourth-order valence-corrected chi connectivity index (χ4v) is 3.73. The largest absolute Gasteiger partial charge is 0.493 e. The third-order valence-electron chi connectivity index (χ3n) is 5.59. The summed E-state index contributed by atoms with van der Waals surface area (Å²) in [5.41, 5.74) is 4.03. The standard InChI is InChI=1S/C24H29N5O2/c1-27-11-13-28(14-12-27)25-16-21-18-29(17-19-7-5-4-6-8-19)26-24(21)20-9-10-22(30-2)23(15-20)31-3/h4-10,15-16,18H,11-14,17H2,1-3H3/p+1/b25-16-. The van der Waals surface area contributed by atoms with E-state index in [1.165, 1.54) is 5.56 Å². The summed E-state index contributed by atoms with van der Waals surface area (Å²) in [5.74, 6) is 1.38. The lowest BCUT2D eigenvalue weighted by atomic mass is 10.1. The van der Waals surface area contributed by atoms with Crippen LogP contribution in [0.25, 0.3) is 11.3 Å². The van der Waals surface area contributed by atoms with Gasteiger partial charge in [-0.3, -0.25) is 9.69 Å². The summed E-state index contributed by atoms with van der Waals surface area (Å²) in [5, 5.41) is 11.8. The molecule has 3 aromatic rings. The second-order valence-electron chi connectivity index (χ2n) is 7.84. The van der Waals surface area contributed by atoms with Crippen LogP contribution in [0.2, 0.25) is 0 Å². The zero-order valence-electron chi connectivity index (χ0n) is 18.4. The summed E-state index contributed by atoms with van der Waals surface area (Å²) in [7, 11) is 5.51. The molecule has 0 spiro atoms. The minimum absolute atomic E-state index is 0.683. The van der Waals surface area contributed by atoms with Crippen LogP contribution in [0, 0.1) is 0 Å². The third-order valence-corrected chi connectivity index (χ3v) is 5.59. The number of nitrogens with one attached hydrogen (secondary N) is 1. The van der Waals surface area contributed by atoms with Gasteiger partial charge in [0.1, 0.15) is 5.69 Å². The lowest BCUT2D eigenvalue weighted by Gasteiger charge is -2.27. The van der Waals surface area contributed by atoms with Gasteiger partial charge in [-0.05, 0) is 23.8 Å². The van der Waals surface area contributed by atoms with E-state index in [0.29, 0.717) is 18.0 Å². The molecule has 0 amide bonds. The van der Waals surface area contributed by atoms with E-state index >= 15 is 0 Å². The molecule has 1 aliphatic rings. The molecule has 2 heterocycles. The van der Waals surface area contributed by atoms with E-state index in [1.807, 2.05) is 47.3 Å².